The Kier molecular flexibility index (Phi) is 6.71. The minimum absolute atomic E-state index is 0.0453. The van der Waals surface area contributed by atoms with Crippen LogP contribution in [0.1, 0.15) is 33.6 Å². The summed E-state index contributed by atoms with van der Waals surface area (Å²) in [4.78, 5) is 22.0. The molecule has 33 heavy (non-hydrogen) atoms. The number of amides is 1. The van der Waals surface area contributed by atoms with Gasteiger partial charge in [-0.15, -0.1) is 11.3 Å². The van der Waals surface area contributed by atoms with E-state index in [2.05, 4.69) is 14.6 Å². The second kappa shape index (κ2) is 9.52. The predicted octanol–water partition coefficient (Wildman–Crippen LogP) is 4.22. The molecule has 1 aliphatic rings. The van der Waals surface area contributed by atoms with Gasteiger partial charge < -0.3 is 9.80 Å². The molecule has 9 heteroatoms. The van der Waals surface area contributed by atoms with Crippen LogP contribution in [-0.2, 0) is 10.0 Å². The summed E-state index contributed by atoms with van der Waals surface area (Å²) >= 11 is 1.63. The number of nitrogens with one attached hydrogen (secondary N) is 1. The average Bonchev–Trinajstić information content (AvgIpc) is 3.07. The summed E-state index contributed by atoms with van der Waals surface area (Å²) in [6, 6.07) is 12.0. The van der Waals surface area contributed by atoms with Crippen LogP contribution in [0.25, 0.3) is 0 Å². The standard InChI is InChI=1S/C24H28N4O3S2/c1-17-5-6-18(2)22(15-17)33(30,31)26-21-9-7-20(8-10-21)23(29)27-11-4-12-28(14-13-27)24-25-19(3)16-32-24/h5-10,15-16,26H,4,11-14H2,1-3H3. The quantitative estimate of drug-likeness (QED) is 0.586. The van der Waals surface area contributed by atoms with Crippen molar-refractivity contribution in [3.8, 4) is 0 Å². The summed E-state index contributed by atoms with van der Waals surface area (Å²) in [5.41, 5.74) is 3.54. The van der Waals surface area contributed by atoms with Gasteiger partial charge in [-0.2, -0.15) is 0 Å². The summed E-state index contributed by atoms with van der Waals surface area (Å²) in [6.07, 6.45) is 0.873. The van der Waals surface area contributed by atoms with E-state index in [0.717, 1.165) is 35.9 Å². The molecule has 174 valence electrons. The third kappa shape index (κ3) is 5.36. The van der Waals surface area contributed by atoms with E-state index in [0.29, 0.717) is 29.9 Å². The summed E-state index contributed by atoms with van der Waals surface area (Å²) in [5.74, 6) is -0.0453. The number of carbonyl (C=O) groups is 1. The topological polar surface area (TPSA) is 82.6 Å². The van der Waals surface area contributed by atoms with Gasteiger partial charge in [-0.3, -0.25) is 9.52 Å². The highest BCUT2D eigenvalue weighted by Gasteiger charge is 2.22. The van der Waals surface area contributed by atoms with Crippen molar-refractivity contribution >= 4 is 38.1 Å². The molecule has 0 unspecified atom stereocenters. The maximum Gasteiger partial charge on any atom is 0.262 e. The molecular formula is C24H28N4O3S2. The lowest BCUT2D eigenvalue weighted by Gasteiger charge is -2.22. The average molecular weight is 485 g/mol. The molecule has 1 amide bonds. The van der Waals surface area contributed by atoms with Crippen LogP contribution in [0.3, 0.4) is 0 Å². The van der Waals surface area contributed by atoms with Crippen LogP contribution >= 0.6 is 11.3 Å². The van der Waals surface area contributed by atoms with Crippen molar-refractivity contribution in [3.63, 3.8) is 0 Å². The minimum atomic E-state index is -3.71. The number of anilines is 2. The third-order valence-corrected chi connectivity index (χ3v) is 8.22. The van der Waals surface area contributed by atoms with Gasteiger partial charge in [-0.25, -0.2) is 13.4 Å². The summed E-state index contributed by atoms with van der Waals surface area (Å²) in [5, 5.41) is 3.04. The number of carbonyl (C=O) groups excluding carboxylic acids is 1. The van der Waals surface area contributed by atoms with E-state index in [9.17, 15) is 13.2 Å². The molecule has 1 fully saturated rings. The van der Waals surface area contributed by atoms with Crippen molar-refractivity contribution in [3.05, 3.63) is 70.2 Å². The molecule has 0 atom stereocenters. The molecule has 2 heterocycles. The minimum Gasteiger partial charge on any atom is -0.346 e. The third-order valence-electron chi connectivity index (χ3n) is 5.68. The molecule has 0 spiro atoms. The van der Waals surface area contributed by atoms with Crippen LogP contribution in [0, 0.1) is 20.8 Å². The maximum atomic E-state index is 13.1. The number of hydrogen-bond donors (Lipinski definition) is 1. The number of hydrogen-bond acceptors (Lipinski definition) is 6. The predicted molar refractivity (Wildman–Crippen MR) is 133 cm³/mol. The van der Waals surface area contributed by atoms with E-state index in [4.69, 9.17) is 0 Å². The van der Waals surface area contributed by atoms with Crippen LogP contribution in [-0.4, -0.2) is 50.4 Å². The zero-order chi connectivity index (χ0) is 23.6. The SMILES string of the molecule is Cc1ccc(C)c(S(=O)(=O)Nc2ccc(C(=O)N3CCCN(c4nc(C)cs4)CC3)cc2)c1. The van der Waals surface area contributed by atoms with Gasteiger partial charge in [0.2, 0.25) is 0 Å². The fourth-order valence-electron chi connectivity index (χ4n) is 3.87. The molecule has 7 nitrogen and oxygen atoms in total. The second-order valence-corrected chi connectivity index (χ2v) is 10.8. The fraction of sp³-hybridized carbons (Fsp3) is 0.333. The first-order chi connectivity index (χ1) is 15.7. The molecule has 3 aromatic rings. The van der Waals surface area contributed by atoms with Crippen LogP contribution < -0.4 is 9.62 Å². The molecule has 0 bridgehead atoms. The van der Waals surface area contributed by atoms with E-state index in [-0.39, 0.29) is 10.8 Å². The van der Waals surface area contributed by atoms with Gasteiger partial charge in [-0.05, 0) is 68.7 Å². The van der Waals surface area contributed by atoms with Crippen molar-refractivity contribution in [2.45, 2.75) is 32.1 Å². The lowest BCUT2D eigenvalue weighted by atomic mass is 10.2. The lowest BCUT2D eigenvalue weighted by Crippen LogP contribution is -2.35. The largest absolute Gasteiger partial charge is 0.346 e. The molecule has 0 aliphatic carbocycles. The zero-order valence-electron chi connectivity index (χ0n) is 19.0. The molecule has 1 aliphatic heterocycles. The van der Waals surface area contributed by atoms with Crippen molar-refractivity contribution in [1.29, 1.82) is 0 Å². The van der Waals surface area contributed by atoms with Crippen LogP contribution in [0.2, 0.25) is 0 Å². The normalized spacial score (nSPS) is 14.8. The highest BCUT2D eigenvalue weighted by atomic mass is 32.2. The Balaban J connectivity index is 1.42. The highest BCUT2D eigenvalue weighted by molar-refractivity contribution is 7.92. The molecule has 0 radical (unpaired) electrons. The lowest BCUT2D eigenvalue weighted by molar-refractivity contribution is 0.0767. The Morgan fingerprint density at radius 1 is 1.00 bits per heavy atom. The number of aryl methyl sites for hydroxylation is 3. The number of aromatic nitrogens is 1. The Labute approximate surface area is 199 Å². The molecule has 2 aromatic carbocycles. The number of rotatable bonds is 5. The monoisotopic (exact) mass is 484 g/mol. The summed E-state index contributed by atoms with van der Waals surface area (Å²) in [7, 11) is -3.71. The van der Waals surface area contributed by atoms with Gasteiger partial charge in [0.15, 0.2) is 5.13 Å². The van der Waals surface area contributed by atoms with Crippen molar-refractivity contribution in [2.75, 3.05) is 35.8 Å². The van der Waals surface area contributed by atoms with Crippen molar-refractivity contribution in [2.24, 2.45) is 0 Å². The van der Waals surface area contributed by atoms with Gasteiger partial charge in [0.25, 0.3) is 15.9 Å². The molecule has 1 aromatic heterocycles. The Bertz CT molecular complexity index is 1250. The van der Waals surface area contributed by atoms with Crippen molar-refractivity contribution in [1.82, 2.24) is 9.88 Å². The molecular weight excluding hydrogens is 456 g/mol. The summed E-state index contributed by atoms with van der Waals surface area (Å²) < 4.78 is 28.3. The van der Waals surface area contributed by atoms with Crippen molar-refractivity contribution < 1.29 is 13.2 Å². The maximum absolute atomic E-state index is 13.1. The Hall–Kier alpha value is -2.91. The van der Waals surface area contributed by atoms with Crippen LogP contribution in [0.15, 0.2) is 52.7 Å². The van der Waals surface area contributed by atoms with Gasteiger partial charge >= 0.3 is 0 Å². The van der Waals surface area contributed by atoms with Crippen LogP contribution in [0.4, 0.5) is 10.8 Å². The van der Waals surface area contributed by atoms with Gasteiger partial charge in [-0.1, -0.05) is 12.1 Å². The van der Waals surface area contributed by atoms with Gasteiger partial charge in [0.1, 0.15) is 0 Å². The van der Waals surface area contributed by atoms with E-state index < -0.39 is 10.0 Å². The van der Waals surface area contributed by atoms with E-state index in [1.165, 1.54) is 0 Å². The second-order valence-electron chi connectivity index (χ2n) is 8.36. The first kappa shape index (κ1) is 23.3. The smallest absolute Gasteiger partial charge is 0.262 e. The number of nitrogens with zero attached hydrogens (tertiary/aromatic N) is 3. The number of sulfonamides is 1. The first-order valence-corrected chi connectivity index (χ1v) is 13.3. The molecule has 1 N–H and O–H groups in total. The molecule has 1 saturated heterocycles. The van der Waals surface area contributed by atoms with E-state index in [1.807, 2.05) is 30.2 Å². The summed E-state index contributed by atoms with van der Waals surface area (Å²) in [6.45, 7) is 8.54. The fourth-order valence-corrected chi connectivity index (χ4v) is 6.12. The van der Waals surface area contributed by atoms with Gasteiger partial charge in [0, 0.05) is 42.8 Å². The molecule has 0 saturated carbocycles. The van der Waals surface area contributed by atoms with Gasteiger partial charge in [0.05, 0.1) is 10.6 Å². The first-order valence-electron chi connectivity index (χ1n) is 10.9. The van der Waals surface area contributed by atoms with Crippen LogP contribution in [0.5, 0.6) is 0 Å². The van der Waals surface area contributed by atoms with E-state index >= 15 is 0 Å². The zero-order valence-corrected chi connectivity index (χ0v) is 20.7. The molecule has 4 rings (SSSR count). The number of benzene rings is 2. The Morgan fingerprint density at radius 3 is 2.45 bits per heavy atom. The van der Waals surface area contributed by atoms with E-state index in [1.54, 1.807) is 54.7 Å². The Morgan fingerprint density at radius 2 is 1.76 bits per heavy atom. The number of thiazole rings is 1. The highest BCUT2D eigenvalue weighted by Crippen LogP contribution is 2.23.